The molecular weight excluding hydrogens is 428 g/mol. The van der Waals surface area contributed by atoms with Gasteiger partial charge in [0.15, 0.2) is 17.3 Å². The highest BCUT2D eigenvalue weighted by molar-refractivity contribution is 9.11. The maximum absolute atomic E-state index is 12.3. The molecule has 0 radical (unpaired) electrons. The largest absolute Gasteiger partial charge is 0.506 e. The average Bonchev–Trinajstić information content (AvgIpc) is 2.55. The third-order valence-electron chi connectivity index (χ3n) is 3.13. The lowest BCUT2D eigenvalue weighted by Crippen LogP contribution is -1.96. The van der Waals surface area contributed by atoms with Gasteiger partial charge in [0.2, 0.25) is 0 Å². The monoisotopic (exact) mass is 440 g/mol. The third-order valence-corrected chi connectivity index (χ3v) is 4.19. The molecule has 0 fully saturated rings. The topological polar surface area (TPSA) is 55.8 Å². The van der Waals surface area contributed by atoms with E-state index in [0.29, 0.717) is 20.4 Å². The molecule has 0 amide bonds. The van der Waals surface area contributed by atoms with Crippen LogP contribution in [0.5, 0.6) is 17.2 Å². The highest BCUT2D eigenvalue weighted by atomic mass is 79.9. The molecule has 23 heavy (non-hydrogen) atoms. The summed E-state index contributed by atoms with van der Waals surface area (Å²) in [4.78, 5) is 12.3. The van der Waals surface area contributed by atoms with Gasteiger partial charge in [-0.25, -0.2) is 0 Å². The van der Waals surface area contributed by atoms with Crippen molar-refractivity contribution in [3.63, 3.8) is 0 Å². The van der Waals surface area contributed by atoms with Gasteiger partial charge in [-0.2, -0.15) is 0 Å². The van der Waals surface area contributed by atoms with E-state index in [0.717, 1.165) is 5.56 Å². The van der Waals surface area contributed by atoms with Crippen molar-refractivity contribution in [2.75, 3.05) is 14.2 Å². The van der Waals surface area contributed by atoms with E-state index in [1.165, 1.54) is 6.08 Å². The number of hydrogen-bond donors (Lipinski definition) is 1. The van der Waals surface area contributed by atoms with Crippen LogP contribution in [0.2, 0.25) is 0 Å². The molecule has 0 aliphatic heterocycles. The Morgan fingerprint density at radius 3 is 2.43 bits per heavy atom. The van der Waals surface area contributed by atoms with E-state index < -0.39 is 0 Å². The molecule has 2 rings (SSSR count). The molecule has 0 heterocycles. The minimum absolute atomic E-state index is 0.0878. The summed E-state index contributed by atoms with van der Waals surface area (Å²) in [6, 6.07) is 8.57. The van der Waals surface area contributed by atoms with E-state index in [4.69, 9.17) is 9.47 Å². The zero-order valence-corrected chi connectivity index (χ0v) is 15.6. The zero-order valence-electron chi connectivity index (χ0n) is 12.5. The van der Waals surface area contributed by atoms with Gasteiger partial charge in [0.05, 0.1) is 24.3 Å². The highest BCUT2D eigenvalue weighted by Crippen LogP contribution is 2.32. The van der Waals surface area contributed by atoms with E-state index in [1.54, 1.807) is 44.6 Å². The Hall–Kier alpha value is -1.79. The van der Waals surface area contributed by atoms with Gasteiger partial charge >= 0.3 is 0 Å². The number of hydrogen-bond acceptors (Lipinski definition) is 4. The first-order chi connectivity index (χ1) is 11.0. The van der Waals surface area contributed by atoms with Crippen LogP contribution in [0, 0.1) is 0 Å². The second-order valence-electron chi connectivity index (χ2n) is 4.60. The van der Waals surface area contributed by atoms with Gasteiger partial charge < -0.3 is 14.6 Å². The molecule has 0 bridgehead atoms. The highest BCUT2D eigenvalue weighted by Gasteiger charge is 2.13. The third kappa shape index (κ3) is 4.14. The number of aromatic hydroxyl groups is 1. The Bertz CT molecular complexity index is 769. The number of carbonyl (C=O) groups excluding carboxylic acids is 1. The van der Waals surface area contributed by atoms with Crippen molar-refractivity contribution in [2.45, 2.75) is 0 Å². The summed E-state index contributed by atoms with van der Waals surface area (Å²) in [5.41, 5.74) is 0.993. The number of carbonyl (C=O) groups is 1. The lowest BCUT2D eigenvalue weighted by Gasteiger charge is -2.07. The maximum Gasteiger partial charge on any atom is 0.189 e. The maximum atomic E-state index is 12.3. The van der Waals surface area contributed by atoms with Crippen LogP contribution in [0.25, 0.3) is 6.08 Å². The number of phenols is 1. The Labute approximate surface area is 151 Å². The lowest BCUT2D eigenvalue weighted by atomic mass is 10.1. The number of phenolic OH excluding ortho intramolecular Hbond substituents is 1. The van der Waals surface area contributed by atoms with Crippen LogP contribution in [0.1, 0.15) is 15.9 Å². The summed E-state index contributed by atoms with van der Waals surface area (Å²) >= 11 is 6.51. The average molecular weight is 442 g/mol. The fourth-order valence-electron chi connectivity index (χ4n) is 1.97. The molecule has 0 aliphatic carbocycles. The molecule has 2 aromatic carbocycles. The van der Waals surface area contributed by atoms with E-state index >= 15 is 0 Å². The first-order valence-electron chi connectivity index (χ1n) is 6.58. The van der Waals surface area contributed by atoms with Crippen LogP contribution < -0.4 is 9.47 Å². The summed E-state index contributed by atoms with van der Waals surface area (Å²) in [7, 11) is 3.11. The molecule has 2 aromatic rings. The number of methoxy groups -OCH3 is 2. The smallest absolute Gasteiger partial charge is 0.189 e. The van der Waals surface area contributed by atoms with Crippen LogP contribution in [0.15, 0.2) is 45.4 Å². The number of allylic oxidation sites excluding steroid dienone is 1. The van der Waals surface area contributed by atoms with Crippen molar-refractivity contribution < 1.29 is 19.4 Å². The molecule has 0 saturated heterocycles. The van der Waals surface area contributed by atoms with E-state index in [1.807, 2.05) is 6.07 Å². The van der Waals surface area contributed by atoms with E-state index in [-0.39, 0.29) is 17.1 Å². The van der Waals surface area contributed by atoms with Crippen molar-refractivity contribution in [2.24, 2.45) is 0 Å². The number of benzene rings is 2. The van der Waals surface area contributed by atoms with Crippen LogP contribution in [-0.4, -0.2) is 25.1 Å². The second kappa shape index (κ2) is 7.66. The molecule has 0 spiro atoms. The molecular formula is C17H14Br2O4. The van der Waals surface area contributed by atoms with Gasteiger partial charge in [0, 0.05) is 4.47 Å². The van der Waals surface area contributed by atoms with E-state index in [2.05, 4.69) is 31.9 Å². The Kier molecular flexibility index (Phi) is 5.85. The van der Waals surface area contributed by atoms with Gasteiger partial charge in [-0.1, -0.05) is 28.1 Å². The minimum atomic E-state index is -0.306. The zero-order chi connectivity index (χ0) is 17.0. The molecule has 0 unspecified atom stereocenters. The van der Waals surface area contributed by atoms with Crippen molar-refractivity contribution in [3.8, 4) is 17.2 Å². The first-order valence-corrected chi connectivity index (χ1v) is 8.17. The lowest BCUT2D eigenvalue weighted by molar-refractivity contribution is 0.104. The Balaban J connectivity index is 2.28. The SMILES string of the molecule is COc1ccc(C=CC(=O)c2cc(Br)cc(Br)c2O)cc1OC. The molecule has 1 N–H and O–H groups in total. The van der Waals surface area contributed by atoms with Crippen LogP contribution in [-0.2, 0) is 0 Å². The van der Waals surface area contributed by atoms with Gasteiger partial charge in [-0.3, -0.25) is 4.79 Å². The molecule has 0 aliphatic rings. The van der Waals surface area contributed by atoms with Crippen molar-refractivity contribution in [1.29, 1.82) is 0 Å². The normalized spacial score (nSPS) is 10.8. The van der Waals surface area contributed by atoms with Crippen LogP contribution in [0.3, 0.4) is 0 Å². The quantitative estimate of drug-likeness (QED) is 0.533. The molecule has 120 valence electrons. The number of halogens is 2. The van der Waals surface area contributed by atoms with Crippen molar-refractivity contribution in [1.82, 2.24) is 0 Å². The van der Waals surface area contributed by atoms with Gasteiger partial charge in [-0.15, -0.1) is 0 Å². The summed E-state index contributed by atoms with van der Waals surface area (Å²) in [5, 5.41) is 9.98. The fraction of sp³-hybridized carbons (Fsp3) is 0.118. The Morgan fingerprint density at radius 2 is 1.78 bits per heavy atom. The summed E-state index contributed by atoms with van der Waals surface area (Å²) in [6.45, 7) is 0. The van der Waals surface area contributed by atoms with Gasteiger partial charge in [-0.05, 0) is 51.8 Å². The minimum Gasteiger partial charge on any atom is -0.506 e. The molecule has 6 heteroatoms. The summed E-state index contributed by atoms with van der Waals surface area (Å²) < 4.78 is 11.5. The molecule has 0 atom stereocenters. The van der Waals surface area contributed by atoms with Crippen LogP contribution >= 0.6 is 31.9 Å². The number of rotatable bonds is 5. The van der Waals surface area contributed by atoms with Crippen LogP contribution in [0.4, 0.5) is 0 Å². The predicted molar refractivity (Wildman–Crippen MR) is 96.4 cm³/mol. The van der Waals surface area contributed by atoms with Gasteiger partial charge in [0.1, 0.15) is 5.75 Å². The molecule has 4 nitrogen and oxygen atoms in total. The number of ether oxygens (including phenoxy) is 2. The Morgan fingerprint density at radius 1 is 1.09 bits per heavy atom. The summed E-state index contributed by atoms with van der Waals surface area (Å²) in [5.74, 6) is 0.800. The standard InChI is InChI=1S/C17H14Br2O4/c1-22-15-6-4-10(7-16(15)23-2)3-5-14(20)12-8-11(18)9-13(19)17(12)21/h3-9,21H,1-2H3. The fourth-order valence-corrected chi connectivity index (χ4v) is 3.20. The first kappa shape index (κ1) is 17.6. The molecule has 0 saturated carbocycles. The second-order valence-corrected chi connectivity index (χ2v) is 6.37. The predicted octanol–water partition coefficient (Wildman–Crippen LogP) is 4.83. The number of ketones is 1. The molecule has 0 aromatic heterocycles. The van der Waals surface area contributed by atoms with Crippen molar-refractivity contribution >= 4 is 43.7 Å². The van der Waals surface area contributed by atoms with Gasteiger partial charge in [0.25, 0.3) is 0 Å². The van der Waals surface area contributed by atoms with E-state index in [9.17, 15) is 9.90 Å². The van der Waals surface area contributed by atoms with Crippen molar-refractivity contribution in [3.05, 3.63) is 56.5 Å². The summed E-state index contributed by atoms with van der Waals surface area (Å²) in [6.07, 6.45) is 3.05.